The highest BCUT2D eigenvalue weighted by atomic mass is 16.1. The van der Waals surface area contributed by atoms with Gasteiger partial charge in [-0.3, -0.25) is 4.79 Å². The molecule has 0 aliphatic heterocycles. The number of hydrogen-bond acceptors (Lipinski definition) is 1. The van der Waals surface area contributed by atoms with E-state index in [2.05, 4.69) is 13.2 Å². The number of nitrogens with two attached hydrogens (primary N) is 1. The van der Waals surface area contributed by atoms with Crippen LogP contribution in [0, 0.1) is 5.92 Å². The van der Waals surface area contributed by atoms with E-state index in [4.69, 9.17) is 5.73 Å². The molecule has 76 valence electrons. The van der Waals surface area contributed by atoms with Crippen molar-refractivity contribution >= 4 is 5.91 Å². The Morgan fingerprint density at radius 3 is 2.21 bits per heavy atom. The molecule has 0 aromatic rings. The smallest absolute Gasteiger partial charge is 0.248 e. The van der Waals surface area contributed by atoms with Gasteiger partial charge in [-0.05, 0) is 11.5 Å². The molecule has 2 heteroatoms. The molecule has 0 aliphatic rings. The molecule has 0 rings (SSSR count). The van der Waals surface area contributed by atoms with Gasteiger partial charge in [0.25, 0.3) is 0 Å². The van der Waals surface area contributed by atoms with E-state index < -0.39 is 5.91 Å². The molecule has 0 saturated carbocycles. The minimum absolute atomic E-state index is 0.228. The Bertz CT molecular complexity index is 295. The molecule has 0 fully saturated rings. The number of rotatable bonds is 5. The summed E-state index contributed by atoms with van der Waals surface area (Å²) in [5.74, 6) is -0.218. The molecule has 0 spiro atoms. The van der Waals surface area contributed by atoms with Crippen LogP contribution in [0.2, 0.25) is 0 Å². The summed E-state index contributed by atoms with van der Waals surface area (Å²) in [6.45, 7) is 11.1. The second-order valence-electron chi connectivity index (χ2n) is 3.19. The standard InChI is InChI=1S/C12H17NO/c1-5-7-8-11(9(3)4)10(6-2)12(13)14/h5-9H,1-2H2,3-4H3,(H2,13,14)/b8-7-,11-10-. The molecule has 0 heterocycles. The van der Waals surface area contributed by atoms with E-state index in [1.807, 2.05) is 19.9 Å². The first-order valence-electron chi connectivity index (χ1n) is 4.50. The zero-order valence-electron chi connectivity index (χ0n) is 8.79. The summed E-state index contributed by atoms with van der Waals surface area (Å²) in [6.07, 6.45) is 6.76. The van der Waals surface area contributed by atoms with Crippen LogP contribution in [-0.2, 0) is 4.79 Å². The van der Waals surface area contributed by atoms with Crippen molar-refractivity contribution in [2.45, 2.75) is 13.8 Å². The Balaban J connectivity index is 5.30. The summed E-state index contributed by atoms with van der Waals surface area (Å²) < 4.78 is 0. The molecule has 2 N–H and O–H groups in total. The average Bonchev–Trinajstić information content (AvgIpc) is 2.10. The van der Waals surface area contributed by atoms with Gasteiger partial charge in [-0.25, -0.2) is 0 Å². The van der Waals surface area contributed by atoms with Crippen LogP contribution in [0.4, 0.5) is 0 Å². The predicted molar refractivity (Wildman–Crippen MR) is 60.6 cm³/mol. The predicted octanol–water partition coefficient (Wildman–Crippen LogP) is 2.35. The lowest BCUT2D eigenvalue weighted by atomic mass is 9.96. The second kappa shape index (κ2) is 5.97. The number of hydrogen-bond donors (Lipinski definition) is 1. The highest BCUT2D eigenvalue weighted by Gasteiger charge is 2.09. The van der Waals surface area contributed by atoms with E-state index in [-0.39, 0.29) is 5.92 Å². The van der Waals surface area contributed by atoms with E-state index in [0.717, 1.165) is 5.57 Å². The van der Waals surface area contributed by atoms with Gasteiger partial charge in [0.15, 0.2) is 0 Å². The summed E-state index contributed by atoms with van der Waals surface area (Å²) >= 11 is 0. The molecule has 0 atom stereocenters. The lowest BCUT2D eigenvalue weighted by molar-refractivity contribution is -0.114. The molecule has 0 unspecified atom stereocenters. The van der Waals surface area contributed by atoms with Crippen LogP contribution in [0.3, 0.4) is 0 Å². The number of allylic oxidation sites excluding steroid dienone is 4. The zero-order chi connectivity index (χ0) is 11.1. The number of amides is 1. The van der Waals surface area contributed by atoms with Crippen molar-refractivity contribution in [3.05, 3.63) is 48.6 Å². The molecule has 1 amide bonds. The molecular formula is C12H17NO. The number of carbonyl (C=O) groups is 1. The Morgan fingerprint density at radius 2 is 1.93 bits per heavy atom. The van der Waals surface area contributed by atoms with Crippen molar-refractivity contribution in [1.29, 1.82) is 0 Å². The summed E-state index contributed by atoms with van der Waals surface area (Å²) in [7, 11) is 0. The largest absolute Gasteiger partial charge is 0.366 e. The highest BCUT2D eigenvalue weighted by molar-refractivity contribution is 5.96. The molecule has 0 aliphatic carbocycles. The lowest BCUT2D eigenvalue weighted by Crippen LogP contribution is -2.15. The molecule has 14 heavy (non-hydrogen) atoms. The lowest BCUT2D eigenvalue weighted by Gasteiger charge is -2.09. The summed E-state index contributed by atoms with van der Waals surface area (Å²) in [4.78, 5) is 11.1. The Hall–Kier alpha value is -1.57. The zero-order valence-corrected chi connectivity index (χ0v) is 8.79. The van der Waals surface area contributed by atoms with Crippen molar-refractivity contribution in [3.63, 3.8) is 0 Å². The maximum atomic E-state index is 11.1. The van der Waals surface area contributed by atoms with Crippen LogP contribution in [0.25, 0.3) is 0 Å². The summed E-state index contributed by atoms with van der Waals surface area (Å²) in [5.41, 5.74) is 6.58. The Labute approximate surface area is 85.5 Å². The average molecular weight is 191 g/mol. The quantitative estimate of drug-likeness (QED) is 0.526. The van der Waals surface area contributed by atoms with Crippen molar-refractivity contribution in [2.75, 3.05) is 0 Å². The van der Waals surface area contributed by atoms with Gasteiger partial charge in [0.2, 0.25) is 5.91 Å². The third-order valence-corrected chi connectivity index (χ3v) is 1.81. The third-order valence-electron chi connectivity index (χ3n) is 1.81. The number of primary amides is 1. The van der Waals surface area contributed by atoms with E-state index >= 15 is 0 Å². The van der Waals surface area contributed by atoms with Gasteiger partial charge < -0.3 is 5.73 Å². The highest BCUT2D eigenvalue weighted by Crippen LogP contribution is 2.17. The van der Waals surface area contributed by atoms with Crippen molar-refractivity contribution in [3.8, 4) is 0 Å². The fraction of sp³-hybridized carbons (Fsp3) is 0.250. The fourth-order valence-corrected chi connectivity index (χ4v) is 1.13. The van der Waals surface area contributed by atoms with Crippen LogP contribution in [0.1, 0.15) is 13.8 Å². The molecule has 0 radical (unpaired) electrons. The van der Waals surface area contributed by atoms with Crippen LogP contribution in [0.15, 0.2) is 48.6 Å². The Morgan fingerprint density at radius 1 is 1.36 bits per heavy atom. The van der Waals surface area contributed by atoms with Crippen LogP contribution in [0.5, 0.6) is 0 Å². The SMILES string of the molecule is C=C/C=C\C(=C(/C=C)C(N)=O)C(C)C. The van der Waals surface area contributed by atoms with Gasteiger partial charge in [-0.1, -0.05) is 51.3 Å². The molecule has 0 aromatic heterocycles. The minimum Gasteiger partial charge on any atom is -0.366 e. The third kappa shape index (κ3) is 3.44. The topological polar surface area (TPSA) is 43.1 Å². The monoisotopic (exact) mass is 191 g/mol. The maximum Gasteiger partial charge on any atom is 0.248 e. The second-order valence-corrected chi connectivity index (χ2v) is 3.19. The van der Waals surface area contributed by atoms with Gasteiger partial charge in [0.1, 0.15) is 0 Å². The maximum absolute atomic E-state index is 11.1. The molecule has 0 aromatic carbocycles. The number of carbonyl (C=O) groups excluding carboxylic acids is 1. The first-order chi connectivity index (χ1) is 6.54. The fourth-order valence-electron chi connectivity index (χ4n) is 1.13. The van der Waals surface area contributed by atoms with Gasteiger partial charge in [0.05, 0.1) is 0 Å². The van der Waals surface area contributed by atoms with E-state index in [1.165, 1.54) is 6.08 Å². The minimum atomic E-state index is -0.447. The summed E-state index contributed by atoms with van der Waals surface area (Å²) in [6, 6.07) is 0. The van der Waals surface area contributed by atoms with Gasteiger partial charge in [-0.2, -0.15) is 0 Å². The molecule has 0 bridgehead atoms. The molecular weight excluding hydrogens is 174 g/mol. The van der Waals surface area contributed by atoms with Crippen molar-refractivity contribution in [2.24, 2.45) is 11.7 Å². The van der Waals surface area contributed by atoms with Gasteiger partial charge in [-0.15, -0.1) is 0 Å². The van der Waals surface area contributed by atoms with E-state index in [1.54, 1.807) is 12.2 Å². The summed E-state index contributed by atoms with van der Waals surface area (Å²) in [5, 5.41) is 0. The van der Waals surface area contributed by atoms with Crippen LogP contribution >= 0.6 is 0 Å². The Kier molecular flexibility index (Phi) is 5.30. The van der Waals surface area contributed by atoms with E-state index in [0.29, 0.717) is 5.57 Å². The van der Waals surface area contributed by atoms with Crippen molar-refractivity contribution < 1.29 is 4.79 Å². The first-order valence-corrected chi connectivity index (χ1v) is 4.50. The van der Waals surface area contributed by atoms with E-state index in [9.17, 15) is 4.79 Å². The van der Waals surface area contributed by atoms with Gasteiger partial charge >= 0.3 is 0 Å². The molecule has 2 nitrogen and oxygen atoms in total. The van der Waals surface area contributed by atoms with Crippen LogP contribution < -0.4 is 5.73 Å². The van der Waals surface area contributed by atoms with Gasteiger partial charge in [0, 0.05) is 5.57 Å². The first kappa shape index (κ1) is 12.4. The molecule has 0 saturated heterocycles. The normalized spacial score (nSPS) is 12.8. The van der Waals surface area contributed by atoms with Crippen LogP contribution in [-0.4, -0.2) is 5.91 Å². The van der Waals surface area contributed by atoms with Crippen molar-refractivity contribution in [1.82, 2.24) is 0 Å².